The summed E-state index contributed by atoms with van der Waals surface area (Å²) in [5, 5.41) is 0. The highest BCUT2D eigenvalue weighted by Gasteiger charge is 2.34. The highest BCUT2D eigenvalue weighted by atomic mass is 32.2. The van der Waals surface area contributed by atoms with E-state index in [4.69, 9.17) is 5.73 Å². The number of nitrogen functional groups attached to an aromatic ring is 1. The van der Waals surface area contributed by atoms with Gasteiger partial charge in [0.05, 0.1) is 10.4 Å². The molecule has 5 heteroatoms. The first-order chi connectivity index (χ1) is 9.38. The smallest absolute Gasteiger partial charge is 0.149 e. The van der Waals surface area contributed by atoms with Gasteiger partial charge in [0, 0.05) is 17.0 Å². The fourth-order valence-corrected chi connectivity index (χ4v) is 2.89. The normalized spacial score (nSPS) is 14.1. The second kappa shape index (κ2) is 5.40. The van der Waals surface area contributed by atoms with Crippen LogP contribution < -0.4 is 5.73 Å². The van der Waals surface area contributed by atoms with E-state index in [0.29, 0.717) is 11.4 Å². The molecule has 1 unspecified atom stereocenters. The van der Waals surface area contributed by atoms with E-state index in [1.807, 2.05) is 39.2 Å². The van der Waals surface area contributed by atoms with Crippen LogP contribution in [0.1, 0.15) is 29.7 Å². The van der Waals surface area contributed by atoms with E-state index < -0.39 is 10.6 Å². The Balaban J connectivity index is 2.67. The summed E-state index contributed by atoms with van der Waals surface area (Å²) in [6, 6.07) is 6.77. The molecule has 1 aromatic heterocycles. The van der Waals surface area contributed by atoms with Crippen LogP contribution in [-0.4, -0.2) is 16.2 Å². The summed E-state index contributed by atoms with van der Waals surface area (Å²) in [7, 11) is 0. The van der Waals surface area contributed by atoms with Gasteiger partial charge >= 0.3 is 0 Å². The third-order valence-corrected chi connectivity index (χ3v) is 4.60. The van der Waals surface area contributed by atoms with E-state index >= 15 is 0 Å². The standard InChI is InChI=1S/C15H18FN3S/c1-9-8-10(2)19-14(18-9)15(3,20-4)11-6-5-7-12(16)13(11)17/h5-8H,17H2,1-4H3. The Morgan fingerprint density at radius 2 is 1.80 bits per heavy atom. The first-order valence-corrected chi connectivity index (χ1v) is 7.53. The van der Waals surface area contributed by atoms with Crippen molar-refractivity contribution in [3.63, 3.8) is 0 Å². The summed E-state index contributed by atoms with van der Waals surface area (Å²) in [6.45, 7) is 5.82. The number of anilines is 1. The van der Waals surface area contributed by atoms with Gasteiger partial charge in [0.25, 0.3) is 0 Å². The monoisotopic (exact) mass is 291 g/mol. The van der Waals surface area contributed by atoms with Crippen molar-refractivity contribution in [3.8, 4) is 0 Å². The van der Waals surface area contributed by atoms with Gasteiger partial charge in [-0.15, -0.1) is 11.8 Å². The Morgan fingerprint density at radius 3 is 2.35 bits per heavy atom. The molecule has 0 saturated carbocycles. The zero-order valence-corrected chi connectivity index (χ0v) is 12.9. The van der Waals surface area contributed by atoms with E-state index in [1.165, 1.54) is 6.07 Å². The van der Waals surface area contributed by atoms with E-state index in [2.05, 4.69) is 9.97 Å². The minimum atomic E-state index is -0.580. The van der Waals surface area contributed by atoms with E-state index in [-0.39, 0.29) is 5.69 Å². The van der Waals surface area contributed by atoms with Gasteiger partial charge in [0.15, 0.2) is 0 Å². The van der Waals surface area contributed by atoms with Crippen LogP contribution in [0.25, 0.3) is 0 Å². The number of benzene rings is 1. The molecule has 0 radical (unpaired) electrons. The Bertz CT molecular complexity index is 625. The van der Waals surface area contributed by atoms with Crippen molar-refractivity contribution in [2.75, 3.05) is 12.0 Å². The largest absolute Gasteiger partial charge is 0.396 e. The van der Waals surface area contributed by atoms with Crippen LogP contribution in [0.2, 0.25) is 0 Å². The molecule has 0 aliphatic rings. The van der Waals surface area contributed by atoms with Gasteiger partial charge in [0.1, 0.15) is 11.6 Å². The average molecular weight is 291 g/mol. The van der Waals surface area contributed by atoms with Gasteiger partial charge in [-0.2, -0.15) is 0 Å². The van der Waals surface area contributed by atoms with Gasteiger partial charge < -0.3 is 5.73 Å². The van der Waals surface area contributed by atoms with Gasteiger partial charge in [-0.1, -0.05) is 12.1 Å². The second-order valence-electron chi connectivity index (χ2n) is 4.91. The summed E-state index contributed by atoms with van der Waals surface area (Å²) >= 11 is 1.55. The predicted molar refractivity (Wildman–Crippen MR) is 82.3 cm³/mol. The molecule has 0 saturated heterocycles. The molecule has 0 spiro atoms. The Hall–Kier alpha value is -1.62. The highest BCUT2D eigenvalue weighted by Crippen LogP contribution is 2.42. The van der Waals surface area contributed by atoms with Crippen molar-refractivity contribution in [1.29, 1.82) is 0 Å². The molecule has 2 N–H and O–H groups in total. The molecule has 2 aromatic rings. The molecule has 0 fully saturated rings. The van der Waals surface area contributed by atoms with Crippen LogP contribution in [0, 0.1) is 19.7 Å². The van der Waals surface area contributed by atoms with Crippen molar-refractivity contribution in [2.24, 2.45) is 0 Å². The molecule has 0 bridgehead atoms. The summed E-state index contributed by atoms with van der Waals surface area (Å²) in [5.41, 5.74) is 8.56. The molecule has 2 rings (SSSR count). The topological polar surface area (TPSA) is 51.8 Å². The van der Waals surface area contributed by atoms with E-state index in [0.717, 1.165) is 11.4 Å². The van der Waals surface area contributed by atoms with Gasteiger partial charge in [-0.25, -0.2) is 14.4 Å². The summed E-state index contributed by atoms with van der Waals surface area (Å²) in [5.74, 6) is 0.243. The number of nitrogens with two attached hydrogens (primary N) is 1. The van der Waals surface area contributed by atoms with E-state index in [1.54, 1.807) is 17.8 Å². The summed E-state index contributed by atoms with van der Waals surface area (Å²) in [4.78, 5) is 9.03. The third kappa shape index (κ3) is 2.50. The number of para-hydroxylation sites is 1. The SMILES string of the molecule is CSC(C)(c1nc(C)cc(C)n1)c1cccc(F)c1N. The fourth-order valence-electron chi connectivity index (χ4n) is 2.21. The maximum atomic E-state index is 13.7. The molecule has 1 heterocycles. The van der Waals surface area contributed by atoms with Crippen LogP contribution in [0.3, 0.4) is 0 Å². The third-order valence-electron chi connectivity index (χ3n) is 3.38. The number of hydrogen-bond donors (Lipinski definition) is 1. The van der Waals surface area contributed by atoms with Crippen molar-refractivity contribution >= 4 is 17.4 Å². The Kier molecular flexibility index (Phi) is 3.99. The van der Waals surface area contributed by atoms with Crippen LogP contribution >= 0.6 is 11.8 Å². The lowest BCUT2D eigenvalue weighted by Crippen LogP contribution is -2.25. The van der Waals surface area contributed by atoms with Gasteiger partial charge in [-0.05, 0) is 39.2 Å². The molecule has 0 amide bonds. The highest BCUT2D eigenvalue weighted by molar-refractivity contribution is 7.99. The minimum Gasteiger partial charge on any atom is -0.396 e. The predicted octanol–water partition coefficient (Wildman–Crippen LogP) is 3.44. The maximum Gasteiger partial charge on any atom is 0.149 e. The Labute approximate surface area is 122 Å². The molecule has 20 heavy (non-hydrogen) atoms. The van der Waals surface area contributed by atoms with Gasteiger partial charge in [0.2, 0.25) is 0 Å². The molecule has 106 valence electrons. The number of halogens is 1. The van der Waals surface area contributed by atoms with Crippen LogP contribution in [-0.2, 0) is 4.75 Å². The van der Waals surface area contributed by atoms with Crippen molar-refractivity contribution in [2.45, 2.75) is 25.5 Å². The fraction of sp³-hybridized carbons (Fsp3) is 0.333. The molecule has 1 aromatic carbocycles. The number of rotatable bonds is 3. The molecule has 1 atom stereocenters. The summed E-state index contributed by atoms with van der Waals surface area (Å²) < 4.78 is 13.2. The zero-order valence-electron chi connectivity index (χ0n) is 12.1. The zero-order chi connectivity index (χ0) is 14.9. The van der Waals surface area contributed by atoms with Crippen LogP contribution in [0.4, 0.5) is 10.1 Å². The summed E-state index contributed by atoms with van der Waals surface area (Å²) in [6.07, 6.45) is 1.95. The van der Waals surface area contributed by atoms with Crippen molar-refractivity contribution in [3.05, 3.63) is 52.9 Å². The van der Waals surface area contributed by atoms with Crippen LogP contribution in [0.15, 0.2) is 24.3 Å². The lowest BCUT2D eigenvalue weighted by molar-refractivity contribution is 0.626. The molecular formula is C15H18FN3S. The lowest BCUT2D eigenvalue weighted by atomic mass is 9.96. The molecule has 0 aliphatic heterocycles. The first kappa shape index (κ1) is 14.8. The van der Waals surface area contributed by atoms with E-state index in [9.17, 15) is 4.39 Å². The quantitative estimate of drug-likeness (QED) is 0.880. The molecule has 0 aliphatic carbocycles. The number of nitrogens with zero attached hydrogens (tertiary/aromatic N) is 2. The Morgan fingerprint density at radius 1 is 1.20 bits per heavy atom. The van der Waals surface area contributed by atoms with Crippen molar-refractivity contribution in [1.82, 2.24) is 9.97 Å². The molecule has 3 nitrogen and oxygen atoms in total. The van der Waals surface area contributed by atoms with Gasteiger partial charge in [-0.3, -0.25) is 0 Å². The average Bonchev–Trinajstić information content (AvgIpc) is 2.40. The second-order valence-corrected chi connectivity index (χ2v) is 6.14. The number of aryl methyl sites for hydroxylation is 2. The maximum absolute atomic E-state index is 13.7. The number of hydrogen-bond acceptors (Lipinski definition) is 4. The minimum absolute atomic E-state index is 0.159. The van der Waals surface area contributed by atoms with Crippen LogP contribution in [0.5, 0.6) is 0 Å². The lowest BCUT2D eigenvalue weighted by Gasteiger charge is -2.28. The number of thioether (sulfide) groups is 1. The molecular weight excluding hydrogens is 273 g/mol. The first-order valence-electron chi connectivity index (χ1n) is 6.31. The number of aromatic nitrogens is 2. The van der Waals surface area contributed by atoms with Crippen molar-refractivity contribution < 1.29 is 4.39 Å².